The minimum atomic E-state index is -4.10. The second-order valence-corrected chi connectivity index (χ2v) is 5.03. The quantitative estimate of drug-likeness (QED) is 0.502. The lowest BCUT2D eigenvalue weighted by molar-refractivity contribution is -0.140. The summed E-state index contributed by atoms with van der Waals surface area (Å²) in [7, 11) is -4.10. The molecule has 0 heterocycles. The van der Waals surface area contributed by atoms with Crippen molar-refractivity contribution >= 4 is 21.9 Å². The average Bonchev–Trinajstić information content (AvgIpc) is 2.14. The van der Waals surface area contributed by atoms with Gasteiger partial charge in [-0.05, 0) is 6.92 Å². The number of nitrogens with two attached hydrogens (primary N) is 1. The molecule has 90 valence electrons. The summed E-state index contributed by atoms with van der Waals surface area (Å²) in [6.45, 7) is 1.09. The summed E-state index contributed by atoms with van der Waals surface area (Å²) in [4.78, 5) is 21.1. The van der Waals surface area contributed by atoms with Crippen molar-refractivity contribution in [2.75, 3.05) is 0 Å². The number of carbonyl (C=O) groups is 2. The summed E-state index contributed by atoms with van der Waals surface area (Å²) in [6, 6.07) is -0.211. The molecule has 0 saturated heterocycles. The highest BCUT2D eigenvalue weighted by Gasteiger charge is 2.29. The van der Waals surface area contributed by atoms with E-state index in [0.717, 1.165) is 6.92 Å². The number of aliphatic carboxylic acids is 1. The molecule has 0 aromatic rings. The molecule has 0 spiro atoms. The Morgan fingerprint density at radius 3 is 2.38 bits per heavy atom. The number of carboxylic acid groups (broad SMARTS) is 1. The standard InChI is InChI=1S/C7H11N3O5S/c1-4(3-8)16(14,15)10-5(7(12)13)2-6(9)11/h4-5,10H,2H2,1H3,(H2,9,11)(H,12,13)/t4?,5-/m0/s1. The van der Waals surface area contributed by atoms with Crippen LogP contribution in [-0.4, -0.2) is 36.7 Å². The molecule has 0 aliphatic heterocycles. The molecule has 0 bridgehead atoms. The van der Waals surface area contributed by atoms with Gasteiger partial charge in [0, 0.05) is 0 Å². The number of carboxylic acids is 1. The Morgan fingerprint density at radius 1 is 1.56 bits per heavy atom. The van der Waals surface area contributed by atoms with Gasteiger partial charge in [0.25, 0.3) is 0 Å². The van der Waals surface area contributed by atoms with E-state index in [-0.39, 0.29) is 0 Å². The van der Waals surface area contributed by atoms with E-state index in [1.807, 2.05) is 0 Å². The predicted molar refractivity (Wildman–Crippen MR) is 52.4 cm³/mol. The number of amides is 1. The van der Waals surface area contributed by atoms with Crippen molar-refractivity contribution in [1.29, 1.82) is 5.26 Å². The Bertz CT molecular complexity index is 424. The number of hydrogen-bond acceptors (Lipinski definition) is 5. The van der Waals surface area contributed by atoms with E-state index in [0.29, 0.717) is 0 Å². The van der Waals surface area contributed by atoms with Gasteiger partial charge in [-0.15, -0.1) is 0 Å². The molecular weight excluding hydrogens is 238 g/mol. The molecule has 9 heteroatoms. The highest BCUT2D eigenvalue weighted by molar-refractivity contribution is 7.90. The molecule has 8 nitrogen and oxygen atoms in total. The Kier molecular flexibility index (Phi) is 4.87. The van der Waals surface area contributed by atoms with E-state index in [4.69, 9.17) is 16.1 Å². The maximum absolute atomic E-state index is 11.3. The third kappa shape index (κ3) is 4.24. The smallest absolute Gasteiger partial charge is 0.322 e. The Hall–Kier alpha value is -1.66. The minimum Gasteiger partial charge on any atom is -0.480 e. The lowest BCUT2D eigenvalue weighted by Crippen LogP contribution is -2.45. The summed E-state index contributed by atoms with van der Waals surface area (Å²) in [6.07, 6.45) is -0.674. The van der Waals surface area contributed by atoms with Gasteiger partial charge in [0.15, 0.2) is 5.25 Å². The largest absolute Gasteiger partial charge is 0.480 e. The van der Waals surface area contributed by atoms with Gasteiger partial charge in [-0.1, -0.05) is 0 Å². The van der Waals surface area contributed by atoms with Crippen LogP contribution in [0.4, 0.5) is 0 Å². The molecule has 0 aromatic carbocycles. The summed E-state index contributed by atoms with van der Waals surface area (Å²) in [5, 5.41) is 15.6. The first-order chi connectivity index (χ1) is 7.20. The van der Waals surface area contributed by atoms with Gasteiger partial charge in [0.1, 0.15) is 6.04 Å². The van der Waals surface area contributed by atoms with Crippen molar-refractivity contribution in [3.8, 4) is 6.07 Å². The van der Waals surface area contributed by atoms with Crippen molar-refractivity contribution < 1.29 is 23.1 Å². The van der Waals surface area contributed by atoms with E-state index in [1.54, 1.807) is 4.72 Å². The lowest BCUT2D eigenvalue weighted by Gasteiger charge is -2.13. The molecule has 2 atom stereocenters. The number of nitrogens with one attached hydrogen (secondary N) is 1. The second kappa shape index (κ2) is 5.43. The molecular formula is C7H11N3O5S. The molecule has 4 N–H and O–H groups in total. The zero-order chi connectivity index (χ0) is 12.9. The number of carbonyl (C=O) groups excluding carboxylic acids is 1. The van der Waals surface area contributed by atoms with Gasteiger partial charge in [-0.3, -0.25) is 9.59 Å². The summed E-state index contributed by atoms with van der Waals surface area (Å²) >= 11 is 0. The third-order valence-corrected chi connectivity index (χ3v) is 3.31. The van der Waals surface area contributed by atoms with Crippen LogP contribution in [0.2, 0.25) is 0 Å². The van der Waals surface area contributed by atoms with Gasteiger partial charge < -0.3 is 10.8 Å². The van der Waals surface area contributed by atoms with Crippen LogP contribution in [0.25, 0.3) is 0 Å². The average molecular weight is 249 g/mol. The van der Waals surface area contributed by atoms with Gasteiger partial charge in [0.05, 0.1) is 12.5 Å². The van der Waals surface area contributed by atoms with Crippen LogP contribution in [0.5, 0.6) is 0 Å². The third-order valence-electron chi connectivity index (χ3n) is 1.66. The van der Waals surface area contributed by atoms with Gasteiger partial charge in [0.2, 0.25) is 15.9 Å². The van der Waals surface area contributed by atoms with Gasteiger partial charge in [-0.2, -0.15) is 9.98 Å². The van der Waals surface area contributed by atoms with Gasteiger partial charge in [-0.25, -0.2) is 8.42 Å². The van der Waals surface area contributed by atoms with Crippen LogP contribution in [0.15, 0.2) is 0 Å². The summed E-state index contributed by atoms with van der Waals surface area (Å²) < 4.78 is 24.3. The van der Waals surface area contributed by atoms with E-state index in [1.165, 1.54) is 6.07 Å². The number of sulfonamides is 1. The van der Waals surface area contributed by atoms with Crippen LogP contribution in [0.3, 0.4) is 0 Å². The number of rotatable bonds is 6. The Morgan fingerprint density at radius 2 is 2.06 bits per heavy atom. The number of hydrogen-bond donors (Lipinski definition) is 3. The molecule has 0 fully saturated rings. The fraction of sp³-hybridized carbons (Fsp3) is 0.571. The molecule has 0 aliphatic rings. The van der Waals surface area contributed by atoms with E-state index in [2.05, 4.69) is 0 Å². The molecule has 16 heavy (non-hydrogen) atoms. The molecule has 0 aliphatic carbocycles. The fourth-order valence-corrected chi connectivity index (χ4v) is 1.67. The van der Waals surface area contributed by atoms with Crippen molar-refractivity contribution in [2.45, 2.75) is 24.6 Å². The van der Waals surface area contributed by atoms with Crippen LogP contribution >= 0.6 is 0 Å². The Labute approximate surface area is 92.1 Å². The van der Waals surface area contributed by atoms with Crippen LogP contribution in [0, 0.1) is 11.3 Å². The van der Waals surface area contributed by atoms with E-state index >= 15 is 0 Å². The number of primary amides is 1. The molecule has 0 saturated carbocycles. The van der Waals surface area contributed by atoms with Gasteiger partial charge >= 0.3 is 5.97 Å². The maximum atomic E-state index is 11.3. The summed E-state index contributed by atoms with van der Waals surface area (Å²) in [5.74, 6) is -2.49. The zero-order valence-corrected chi connectivity index (χ0v) is 9.19. The van der Waals surface area contributed by atoms with Crippen molar-refractivity contribution in [3.63, 3.8) is 0 Å². The zero-order valence-electron chi connectivity index (χ0n) is 8.37. The van der Waals surface area contributed by atoms with Crippen molar-refractivity contribution in [2.24, 2.45) is 5.73 Å². The molecule has 0 rings (SSSR count). The second-order valence-electron chi connectivity index (χ2n) is 3.00. The first-order valence-corrected chi connectivity index (χ1v) is 5.67. The van der Waals surface area contributed by atoms with Crippen molar-refractivity contribution in [3.05, 3.63) is 0 Å². The SMILES string of the molecule is CC(C#N)S(=O)(=O)N[C@@H](CC(N)=O)C(=O)O. The Balaban J connectivity index is 4.85. The molecule has 1 unspecified atom stereocenters. The van der Waals surface area contributed by atoms with E-state index in [9.17, 15) is 18.0 Å². The van der Waals surface area contributed by atoms with E-state index < -0.39 is 39.6 Å². The number of nitrogens with zero attached hydrogens (tertiary/aromatic N) is 1. The molecule has 1 amide bonds. The maximum Gasteiger partial charge on any atom is 0.322 e. The monoisotopic (exact) mass is 249 g/mol. The van der Waals surface area contributed by atoms with Crippen LogP contribution < -0.4 is 10.5 Å². The first kappa shape index (κ1) is 14.3. The minimum absolute atomic E-state index is 0.674. The normalized spacial score (nSPS) is 14.8. The van der Waals surface area contributed by atoms with Crippen LogP contribution in [0.1, 0.15) is 13.3 Å². The predicted octanol–water partition coefficient (Wildman–Crippen LogP) is -1.85. The molecule has 0 aromatic heterocycles. The number of nitriles is 1. The van der Waals surface area contributed by atoms with Crippen molar-refractivity contribution in [1.82, 2.24) is 4.72 Å². The highest BCUT2D eigenvalue weighted by atomic mass is 32.2. The lowest BCUT2D eigenvalue weighted by atomic mass is 10.2. The fourth-order valence-electron chi connectivity index (χ4n) is 0.750. The van der Waals surface area contributed by atoms with Crippen LogP contribution in [-0.2, 0) is 19.6 Å². The topological polar surface area (TPSA) is 150 Å². The first-order valence-electron chi connectivity index (χ1n) is 4.12. The molecule has 0 radical (unpaired) electrons. The highest BCUT2D eigenvalue weighted by Crippen LogP contribution is 2.01. The summed E-state index contributed by atoms with van der Waals surface area (Å²) in [5.41, 5.74) is 4.76.